The standard InChI is InChI=1S/C10H12F3N5O2/c11-10(12,13)5-17(6-1-2-6)9-7(18(19)20)3-4-8(15-9)16-14/h3-4,6H,1-2,5,14H2,(H,15,16). The molecule has 1 heterocycles. The zero-order chi connectivity index (χ0) is 14.9. The van der Waals surface area contributed by atoms with Crippen LogP contribution in [0.4, 0.5) is 30.5 Å². The molecule has 1 aliphatic carbocycles. The Hall–Kier alpha value is -2.10. The van der Waals surface area contributed by atoms with Crippen LogP contribution in [0.5, 0.6) is 0 Å². The normalized spacial score (nSPS) is 15.0. The quantitative estimate of drug-likeness (QED) is 0.488. The van der Waals surface area contributed by atoms with Crippen LogP contribution in [0.25, 0.3) is 0 Å². The highest BCUT2D eigenvalue weighted by Crippen LogP contribution is 2.38. The zero-order valence-corrected chi connectivity index (χ0v) is 10.2. The van der Waals surface area contributed by atoms with Crippen LogP contribution >= 0.6 is 0 Å². The molecule has 7 nitrogen and oxygen atoms in total. The molecule has 0 saturated heterocycles. The van der Waals surface area contributed by atoms with Crippen molar-refractivity contribution in [2.45, 2.75) is 25.1 Å². The number of nitrogens with zero attached hydrogens (tertiary/aromatic N) is 3. The van der Waals surface area contributed by atoms with Crippen LogP contribution in [-0.2, 0) is 0 Å². The summed E-state index contributed by atoms with van der Waals surface area (Å²) in [5, 5.41) is 10.9. The summed E-state index contributed by atoms with van der Waals surface area (Å²) in [7, 11) is 0. The Morgan fingerprint density at radius 1 is 1.50 bits per heavy atom. The minimum Gasteiger partial charge on any atom is -0.339 e. The number of hydrogen-bond donors (Lipinski definition) is 2. The molecule has 1 fully saturated rings. The number of nitrogen functional groups attached to an aromatic ring is 1. The van der Waals surface area contributed by atoms with Crippen LogP contribution < -0.4 is 16.2 Å². The van der Waals surface area contributed by atoms with Gasteiger partial charge in [0.25, 0.3) is 0 Å². The molecule has 0 radical (unpaired) electrons. The van der Waals surface area contributed by atoms with E-state index in [1.807, 2.05) is 0 Å². The summed E-state index contributed by atoms with van der Waals surface area (Å²) in [6, 6.07) is 1.94. The molecule has 0 amide bonds. The van der Waals surface area contributed by atoms with E-state index in [1.54, 1.807) is 0 Å². The fraction of sp³-hybridized carbons (Fsp3) is 0.500. The average molecular weight is 291 g/mol. The number of aromatic nitrogens is 1. The van der Waals surface area contributed by atoms with Gasteiger partial charge < -0.3 is 10.3 Å². The van der Waals surface area contributed by atoms with Gasteiger partial charge in [-0.15, -0.1) is 0 Å². The predicted octanol–water partition coefficient (Wildman–Crippen LogP) is 1.81. The largest absolute Gasteiger partial charge is 0.405 e. The van der Waals surface area contributed by atoms with Crippen molar-refractivity contribution in [3.63, 3.8) is 0 Å². The fourth-order valence-corrected chi connectivity index (χ4v) is 1.83. The first-order valence-corrected chi connectivity index (χ1v) is 5.77. The van der Waals surface area contributed by atoms with Gasteiger partial charge in [-0.25, -0.2) is 10.8 Å². The lowest BCUT2D eigenvalue weighted by molar-refractivity contribution is -0.384. The predicted molar refractivity (Wildman–Crippen MR) is 65.1 cm³/mol. The molecule has 0 bridgehead atoms. The lowest BCUT2D eigenvalue weighted by atomic mass is 10.3. The van der Waals surface area contributed by atoms with Crippen molar-refractivity contribution in [2.24, 2.45) is 5.84 Å². The van der Waals surface area contributed by atoms with Crippen molar-refractivity contribution in [3.8, 4) is 0 Å². The molecular formula is C10H12F3N5O2. The van der Waals surface area contributed by atoms with E-state index in [4.69, 9.17) is 5.84 Å². The van der Waals surface area contributed by atoms with Gasteiger partial charge in [-0.1, -0.05) is 0 Å². The molecule has 0 spiro atoms. The number of halogens is 3. The van der Waals surface area contributed by atoms with E-state index in [-0.39, 0.29) is 17.7 Å². The molecule has 1 aliphatic rings. The van der Waals surface area contributed by atoms with E-state index in [0.29, 0.717) is 12.8 Å². The van der Waals surface area contributed by atoms with Gasteiger partial charge in [-0.3, -0.25) is 10.1 Å². The summed E-state index contributed by atoms with van der Waals surface area (Å²) >= 11 is 0. The second-order valence-corrected chi connectivity index (χ2v) is 4.41. The van der Waals surface area contributed by atoms with Crippen LogP contribution in [-0.4, -0.2) is 28.7 Å². The molecule has 1 aromatic rings. The van der Waals surface area contributed by atoms with Gasteiger partial charge in [-0.05, 0) is 18.9 Å². The van der Waals surface area contributed by atoms with E-state index >= 15 is 0 Å². The number of hydrazine groups is 1. The van der Waals surface area contributed by atoms with Gasteiger partial charge in [0, 0.05) is 12.1 Å². The number of nitrogens with two attached hydrogens (primary N) is 1. The highest BCUT2D eigenvalue weighted by Gasteiger charge is 2.41. The summed E-state index contributed by atoms with van der Waals surface area (Å²) in [5.74, 6) is 4.89. The third-order valence-corrected chi connectivity index (χ3v) is 2.81. The molecule has 0 atom stereocenters. The molecule has 2 rings (SSSR count). The van der Waals surface area contributed by atoms with Gasteiger partial charge in [0.05, 0.1) is 4.92 Å². The Morgan fingerprint density at radius 2 is 2.15 bits per heavy atom. The topological polar surface area (TPSA) is 97.3 Å². The number of nitrogens with one attached hydrogen (secondary N) is 1. The number of alkyl halides is 3. The number of hydrogen-bond acceptors (Lipinski definition) is 6. The van der Waals surface area contributed by atoms with E-state index in [2.05, 4.69) is 10.4 Å². The van der Waals surface area contributed by atoms with Crippen molar-refractivity contribution in [1.82, 2.24) is 4.98 Å². The highest BCUT2D eigenvalue weighted by molar-refractivity contribution is 5.62. The molecule has 110 valence electrons. The zero-order valence-electron chi connectivity index (χ0n) is 10.2. The smallest absolute Gasteiger partial charge is 0.339 e. The Kier molecular flexibility index (Phi) is 3.66. The van der Waals surface area contributed by atoms with Crippen molar-refractivity contribution < 1.29 is 18.1 Å². The molecule has 1 aromatic heterocycles. The first kappa shape index (κ1) is 14.3. The third-order valence-electron chi connectivity index (χ3n) is 2.81. The van der Waals surface area contributed by atoms with Crippen LogP contribution in [0, 0.1) is 10.1 Å². The van der Waals surface area contributed by atoms with Gasteiger partial charge in [-0.2, -0.15) is 13.2 Å². The molecule has 0 unspecified atom stereocenters. The molecule has 10 heteroatoms. The Bertz CT molecular complexity index is 518. The third kappa shape index (κ3) is 3.26. The number of pyridine rings is 1. The van der Waals surface area contributed by atoms with E-state index in [0.717, 1.165) is 11.0 Å². The summed E-state index contributed by atoms with van der Waals surface area (Å²) in [5.41, 5.74) is 1.70. The maximum Gasteiger partial charge on any atom is 0.405 e. The number of nitro groups is 1. The Morgan fingerprint density at radius 3 is 2.60 bits per heavy atom. The molecule has 20 heavy (non-hydrogen) atoms. The van der Waals surface area contributed by atoms with Crippen molar-refractivity contribution >= 4 is 17.3 Å². The van der Waals surface area contributed by atoms with Crippen LogP contribution in [0.2, 0.25) is 0 Å². The van der Waals surface area contributed by atoms with Gasteiger partial charge in [0.15, 0.2) is 0 Å². The lowest BCUT2D eigenvalue weighted by Gasteiger charge is -2.24. The highest BCUT2D eigenvalue weighted by atomic mass is 19.4. The summed E-state index contributed by atoms with van der Waals surface area (Å²) in [6.07, 6.45) is -3.37. The number of rotatable bonds is 5. The molecule has 3 N–H and O–H groups in total. The van der Waals surface area contributed by atoms with Gasteiger partial charge in [0.1, 0.15) is 12.4 Å². The average Bonchev–Trinajstić information content (AvgIpc) is 3.18. The van der Waals surface area contributed by atoms with Crippen molar-refractivity contribution in [2.75, 3.05) is 16.9 Å². The van der Waals surface area contributed by atoms with Crippen LogP contribution in [0.3, 0.4) is 0 Å². The Balaban J connectivity index is 2.42. The maximum absolute atomic E-state index is 12.6. The Labute approximate surface area is 111 Å². The van der Waals surface area contributed by atoms with Gasteiger partial charge in [0.2, 0.25) is 5.82 Å². The number of anilines is 2. The summed E-state index contributed by atoms with van der Waals surface area (Å²) in [6.45, 7) is -1.28. The fourth-order valence-electron chi connectivity index (χ4n) is 1.83. The van der Waals surface area contributed by atoms with E-state index in [1.165, 1.54) is 6.07 Å². The van der Waals surface area contributed by atoms with Gasteiger partial charge >= 0.3 is 11.9 Å². The summed E-state index contributed by atoms with van der Waals surface area (Å²) < 4.78 is 37.8. The first-order chi connectivity index (χ1) is 9.31. The van der Waals surface area contributed by atoms with Crippen LogP contribution in [0.15, 0.2) is 12.1 Å². The van der Waals surface area contributed by atoms with Crippen LogP contribution in [0.1, 0.15) is 12.8 Å². The first-order valence-electron chi connectivity index (χ1n) is 5.77. The van der Waals surface area contributed by atoms with E-state index in [9.17, 15) is 23.3 Å². The molecular weight excluding hydrogens is 279 g/mol. The second kappa shape index (κ2) is 5.12. The molecule has 0 aromatic carbocycles. The van der Waals surface area contributed by atoms with Crippen molar-refractivity contribution in [1.29, 1.82) is 0 Å². The minimum absolute atomic E-state index is 0.0680. The summed E-state index contributed by atoms with van der Waals surface area (Å²) in [4.78, 5) is 14.9. The van der Waals surface area contributed by atoms with Crippen molar-refractivity contribution in [3.05, 3.63) is 22.2 Å². The SMILES string of the molecule is NNc1ccc([N+](=O)[O-])c(N(CC(F)(F)F)C2CC2)n1. The minimum atomic E-state index is -4.47. The second-order valence-electron chi connectivity index (χ2n) is 4.41. The molecule has 1 saturated carbocycles. The molecule has 0 aliphatic heterocycles. The van der Waals surface area contributed by atoms with E-state index < -0.39 is 23.3 Å². The monoisotopic (exact) mass is 291 g/mol. The lowest BCUT2D eigenvalue weighted by Crippen LogP contribution is -2.37. The maximum atomic E-state index is 12.6.